The van der Waals surface area contributed by atoms with Crippen molar-refractivity contribution in [1.29, 1.82) is 0 Å². The number of aromatic nitrogens is 3. The molecule has 0 atom stereocenters. The van der Waals surface area contributed by atoms with Gasteiger partial charge < -0.3 is 18.4 Å². The molecule has 0 bridgehead atoms. The van der Waals surface area contributed by atoms with Crippen molar-refractivity contribution in [2.45, 2.75) is 46.5 Å². The van der Waals surface area contributed by atoms with E-state index >= 15 is 0 Å². The molecule has 0 amide bonds. The third kappa shape index (κ3) is 7.60. The monoisotopic (exact) mass is 996 g/mol. The van der Waals surface area contributed by atoms with Gasteiger partial charge in [0.05, 0.1) is 33.8 Å². The zero-order valence-electron chi connectivity index (χ0n) is 35.8. The van der Waals surface area contributed by atoms with Crippen LogP contribution in [-0.4, -0.2) is 14.5 Å². The first kappa shape index (κ1) is 41.5. The van der Waals surface area contributed by atoms with Crippen LogP contribution in [0, 0.1) is 19.1 Å². The van der Waals surface area contributed by atoms with Crippen LogP contribution in [0.3, 0.4) is 0 Å². The molecule has 0 aliphatic heterocycles. The molecule has 0 aliphatic rings. The van der Waals surface area contributed by atoms with E-state index in [2.05, 4.69) is 153 Å². The quantitative estimate of drug-likeness (QED) is 0.149. The normalized spacial score (nSPS) is 11.4. The molecule has 11 rings (SSSR count). The van der Waals surface area contributed by atoms with Crippen LogP contribution in [0.2, 0.25) is 0 Å². The first-order valence-corrected chi connectivity index (χ1v) is 21.3. The minimum Gasteiger partial charge on any atom is -0.499 e. The molecule has 0 aliphatic carbocycles. The summed E-state index contributed by atoms with van der Waals surface area (Å²) in [5, 5.41) is 2.87. The summed E-state index contributed by atoms with van der Waals surface area (Å²) in [4.78, 5) is 9.61. The standard InChI is InChI=1S/C46H37N2O2.C11H8N.Ir/c1-27(2)33-19-14-20-34(28(3)4)42(33)48-39-22-13-12-21-38(39)47-46(48)37-26-36-29(5)43(31-17-10-7-11-18-31)50-44(36)41-35-24-23-32(25-40(35)49-45(37)41)30-15-8-6-9-16-30;1-2-6-10(7-3-1)11-8-4-5-9-12-11;/h6-25,27-28H,1-5H3;1-6,8-9H;/q2*-1;. The van der Waals surface area contributed by atoms with Crippen molar-refractivity contribution in [2.24, 2.45) is 0 Å². The SMILES string of the molecule is Cc1c(-c2ccccc2)oc2c1[c-]c(-c1nc3ccccc3n1-c1c(C(C)C)cccc1C(C)C)c1oc3cc(-c4ccccc4)ccc3c12.[Ir].[c-]1ccccc1-c1ccccn1. The summed E-state index contributed by atoms with van der Waals surface area (Å²) in [7, 11) is 0. The molecule has 311 valence electrons. The number of rotatable bonds is 7. The maximum atomic E-state index is 6.96. The molecule has 11 aromatic rings. The first-order valence-electron chi connectivity index (χ1n) is 21.3. The minimum absolute atomic E-state index is 0. The van der Waals surface area contributed by atoms with Crippen LogP contribution in [-0.2, 0) is 20.1 Å². The van der Waals surface area contributed by atoms with Crippen LogP contribution in [0.15, 0.2) is 179 Å². The molecule has 4 aromatic heterocycles. The van der Waals surface area contributed by atoms with Gasteiger partial charge >= 0.3 is 0 Å². The van der Waals surface area contributed by atoms with E-state index in [1.807, 2.05) is 66.7 Å². The van der Waals surface area contributed by atoms with Crippen molar-refractivity contribution in [1.82, 2.24) is 14.5 Å². The van der Waals surface area contributed by atoms with Gasteiger partial charge in [-0.3, -0.25) is 4.98 Å². The number of fused-ring (bicyclic) bond motifs is 6. The largest absolute Gasteiger partial charge is 0.499 e. The summed E-state index contributed by atoms with van der Waals surface area (Å²) >= 11 is 0. The van der Waals surface area contributed by atoms with E-state index in [0.717, 1.165) is 94.6 Å². The van der Waals surface area contributed by atoms with Gasteiger partial charge in [0.15, 0.2) is 0 Å². The Morgan fingerprint density at radius 3 is 1.98 bits per heavy atom. The number of furan rings is 2. The Labute approximate surface area is 381 Å². The van der Waals surface area contributed by atoms with Crippen LogP contribution < -0.4 is 0 Å². The predicted molar refractivity (Wildman–Crippen MR) is 255 cm³/mol. The smallest absolute Gasteiger partial charge is 0.124 e. The fourth-order valence-corrected chi connectivity index (χ4v) is 8.62. The van der Waals surface area contributed by atoms with Crippen LogP contribution >= 0.6 is 0 Å². The van der Waals surface area contributed by atoms with Gasteiger partial charge in [-0.15, -0.1) is 42.0 Å². The molecule has 0 unspecified atom stereocenters. The number of benzene rings is 7. The van der Waals surface area contributed by atoms with E-state index in [1.165, 1.54) is 16.8 Å². The van der Waals surface area contributed by atoms with E-state index in [4.69, 9.17) is 13.8 Å². The van der Waals surface area contributed by atoms with E-state index < -0.39 is 0 Å². The van der Waals surface area contributed by atoms with Crippen LogP contribution in [0.1, 0.15) is 56.2 Å². The average Bonchev–Trinajstić information content (AvgIpc) is 4.00. The molecule has 0 fully saturated rings. The Bertz CT molecular complexity index is 3290. The number of hydrogen-bond donors (Lipinski definition) is 0. The molecule has 0 N–H and O–H groups in total. The van der Waals surface area contributed by atoms with Gasteiger partial charge in [0.25, 0.3) is 0 Å². The number of imidazole rings is 1. The van der Waals surface area contributed by atoms with E-state index in [1.54, 1.807) is 6.20 Å². The molecule has 0 spiro atoms. The molecule has 5 nitrogen and oxygen atoms in total. The number of pyridine rings is 1. The molecule has 0 saturated heterocycles. The van der Waals surface area contributed by atoms with Gasteiger partial charge in [0, 0.05) is 48.3 Å². The minimum atomic E-state index is 0. The van der Waals surface area contributed by atoms with E-state index in [0.29, 0.717) is 11.8 Å². The summed E-state index contributed by atoms with van der Waals surface area (Å²) in [5.41, 5.74) is 15.1. The van der Waals surface area contributed by atoms with Crippen molar-refractivity contribution >= 4 is 43.9 Å². The Morgan fingerprint density at radius 2 is 1.30 bits per heavy atom. The molecular weight excluding hydrogens is 951 g/mol. The number of para-hydroxylation sites is 3. The van der Waals surface area contributed by atoms with Crippen LogP contribution in [0.25, 0.3) is 94.7 Å². The second-order valence-corrected chi connectivity index (χ2v) is 16.4. The second kappa shape index (κ2) is 17.5. The van der Waals surface area contributed by atoms with E-state index in [9.17, 15) is 0 Å². The summed E-state index contributed by atoms with van der Waals surface area (Å²) in [6.45, 7) is 11.2. The third-order valence-electron chi connectivity index (χ3n) is 11.7. The summed E-state index contributed by atoms with van der Waals surface area (Å²) in [5.74, 6) is 2.25. The first-order chi connectivity index (χ1) is 30.4. The average molecular weight is 996 g/mol. The molecular formula is C57H45IrN3O2-2. The zero-order valence-corrected chi connectivity index (χ0v) is 38.2. The van der Waals surface area contributed by atoms with Crippen LogP contribution in [0.5, 0.6) is 0 Å². The summed E-state index contributed by atoms with van der Waals surface area (Å²) in [6, 6.07) is 63.0. The predicted octanol–water partition coefficient (Wildman–Crippen LogP) is 15.6. The molecule has 1 radical (unpaired) electrons. The Balaban J connectivity index is 0.000000335. The molecule has 0 saturated carbocycles. The molecule has 4 heterocycles. The summed E-state index contributed by atoms with van der Waals surface area (Å²) < 4.78 is 16.1. The number of aryl methyl sites for hydroxylation is 1. The fourth-order valence-electron chi connectivity index (χ4n) is 8.62. The Hall–Kier alpha value is -6.85. The van der Waals surface area contributed by atoms with E-state index in [-0.39, 0.29) is 20.1 Å². The topological polar surface area (TPSA) is 57.0 Å². The van der Waals surface area contributed by atoms with Gasteiger partial charge in [0.2, 0.25) is 0 Å². The third-order valence-corrected chi connectivity index (χ3v) is 11.7. The molecule has 7 aromatic carbocycles. The van der Waals surface area contributed by atoms with Crippen molar-refractivity contribution in [3.05, 3.63) is 199 Å². The van der Waals surface area contributed by atoms with Crippen molar-refractivity contribution < 1.29 is 28.9 Å². The van der Waals surface area contributed by atoms with Gasteiger partial charge in [-0.05, 0) is 69.6 Å². The zero-order chi connectivity index (χ0) is 42.3. The van der Waals surface area contributed by atoms with Gasteiger partial charge in [0.1, 0.15) is 5.58 Å². The summed E-state index contributed by atoms with van der Waals surface area (Å²) in [6.07, 6.45) is 1.79. The van der Waals surface area contributed by atoms with Gasteiger partial charge in [-0.25, -0.2) is 0 Å². The van der Waals surface area contributed by atoms with Crippen molar-refractivity contribution in [3.63, 3.8) is 0 Å². The Morgan fingerprint density at radius 1 is 0.619 bits per heavy atom. The number of nitrogens with zero attached hydrogens (tertiary/aromatic N) is 3. The van der Waals surface area contributed by atoms with Crippen molar-refractivity contribution in [3.8, 4) is 50.8 Å². The fraction of sp³-hybridized carbons (Fsp3) is 0.123. The number of hydrogen-bond acceptors (Lipinski definition) is 4. The second-order valence-electron chi connectivity index (χ2n) is 16.4. The van der Waals surface area contributed by atoms with Gasteiger partial charge in [-0.1, -0.05) is 161 Å². The Kier molecular flexibility index (Phi) is 11.5. The van der Waals surface area contributed by atoms with Crippen molar-refractivity contribution in [2.75, 3.05) is 0 Å². The molecule has 63 heavy (non-hydrogen) atoms. The van der Waals surface area contributed by atoms with Crippen LogP contribution in [0.4, 0.5) is 0 Å². The maximum absolute atomic E-state index is 6.96. The van der Waals surface area contributed by atoms with Gasteiger partial charge in [-0.2, -0.15) is 0 Å². The maximum Gasteiger partial charge on any atom is 0.124 e. The molecule has 6 heteroatoms.